The molecule has 2 aromatic rings. The molecule has 4 heteroatoms. The molecule has 0 unspecified atom stereocenters. The molecule has 0 spiro atoms. The third-order valence-electron chi connectivity index (χ3n) is 3.99. The first-order valence-corrected chi connectivity index (χ1v) is 8.16. The average molecular weight is 320 g/mol. The van der Waals surface area contributed by atoms with Gasteiger partial charge in [-0.05, 0) is 24.1 Å². The Morgan fingerprint density at radius 1 is 0.875 bits per heavy atom. The molecule has 3 rings (SSSR count). The predicted molar refractivity (Wildman–Crippen MR) is 94.0 cm³/mol. The number of rotatable bonds is 6. The Hall–Kier alpha value is -2.88. The fourth-order valence-corrected chi connectivity index (χ4v) is 2.81. The number of para-hydroxylation sites is 1. The summed E-state index contributed by atoms with van der Waals surface area (Å²) in [5.41, 5.74) is 2.73. The molecule has 0 aromatic heterocycles. The molecular weight excluding hydrogens is 300 g/mol. The van der Waals surface area contributed by atoms with Gasteiger partial charge in [-0.15, -0.1) is 0 Å². The molecule has 122 valence electrons. The van der Waals surface area contributed by atoms with Crippen LogP contribution >= 0.6 is 0 Å². The summed E-state index contributed by atoms with van der Waals surface area (Å²) < 4.78 is 0. The number of benzene rings is 2. The van der Waals surface area contributed by atoms with E-state index in [1.807, 2.05) is 67.6 Å². The number of carbonyl (C=O) groups is 2. The molecule has 0 atom stereocenters. The smallest absolute Gasteiger partial charge is 0.277 e. The van der Waals surface area contributed by atoms with Gasteiger partial charge in [0.1, 0.15) is 5.70 Å². The Labute approximate surface area is 141 Å². The number of carbonyl (C=O) groups excluding carboxylic acids is 2. The maximum Gasteiger partial charge on any atom is 0.277 e. The van der Waals surface area contributed by atoms with Crippen LogP contribution in [0.1, 0.15) is 25.3 Å². The van der Waals surface area contributed by atoms with Crippen LogP contribution in [0.15, 0.2) is 71.9 Å². The maximum atomic E-state index is 12.8. The summed E-state index contributed by atoms with van der Waals surface area (Å²) in [7, 11) is 0. The molecule has 0 saturated heterocycles. The summed E-state index contributed by atoms with van der Waals surface area (Å²) in [6.45, 7) is 2.30. The molecule has 4 nitrogen and oxygen atoms in total. The number of nitrogens with one attached hydrogen (secondary N) is 1. The Bertz CT molecular complexity index is 767. The summed E-state index contributed by atoms with van der Waals surface area (Å²) in [6, 6.07) is 19.0. The maximum absolute atomic E-state index is 12.8. The van der Waals surface area contributed by atoms with E-state index in [0.29, 0.717) is 24.2 Å². The third-order valence-corrected chi connectivity index (χ3v) is 3.99. The van der Waals surface area contributed by atoms with Crippen LogP contribution in [0.2, 0.25) is 0 Å². The van der Waals surface area contributed by atoms with E-state index in [2.05, 4.69) is 5.32 Å². The van der Waals surface area contributed by atoms with Gasteiger partial charge >= 0.3 is 0 Å². The van der Waals surface area contributed by atoms with E-state index in [9.17, 15) is 9.59 Å². The SMILES string of the molecule is CCCC1=C(Nc2ccccc2)C(=O)N(Cc2ccccc2)C1=O. The van der Waals surface area contributed by atoms with E-state index < -0.39 is 0 Å². The Balaban J connectivity index is 1.87. The molecule has 1 heterocycles. The first-order valence-electron chi connectivity index (χ1n) is 8.16. The third kappa shape index (κ3) is 3.23. The monoisotopic (exact) mass is 320 g/mol. The van der Waals surface area contributed by atoms with Crippen molar-refractivity contribution in [1.29, 1.82) is 0 Å². The second-order valence-corrected chi connectivity index (χ2v) is 5.78. The van der Waals surface area contributed by atoms with Crippen molar-refractivity contribution in [1.82, 2.24) is 4.90 Å². The van der Waals surface area contributed by atoms with Crippen LogP contribution in [0.4, 0.5) is 5.69 Å². The van der Waals surface area contributed by atoms with Crippen molar-refractivity contribution in [3.05, 3.63) is 77.5 Å². The average Bonchev–Trinajstić information content (AvgIpc) is 2.82. The highest BCUT2D eigenvalue weighted by atomic mass is 16.2. The number of hydrogen-bond donors (Lipinski definition) is 1. The minimum Gasteiger partial charge on any atom is -0.351 e. The van der Waals surface area contributed by atoms with E-state index in [0.717, 1.165) is 17.7 Å². The van der Waals surface area contributed by atoms with E-state index >= 15 is 0 Å². The molecule has 1 aliphatic heterocycles. The van der Waals surface area contributed by atoms with Gasteiger partial charge in [0.05, 0.1) is 6.54 Å². The summed E-state index contributed by atoms with van der Waals surface area (Å²) >= 11 is 0. The minimum atomic E-state index is -0.254. The highest BCUT2D eigenvalue weighted by Gasteiger charge is 2.37. The van der Waals surface area contributed by atoms with Crippen LogP contribution in [-0.4, -0.2) is 16.7 Å². The second-order valence-electron chi connectivity index (χ2n) is 5.78. The van der Waals surface area contributed by atoms with E-state index in [-0.39, 0.29) is 11.8 Å². The van der Waals surface area contributed by atoms with E-state index in [4.69, 9.17) is 0 Å². The highest BCUT2D eigenvalue weighted by Crippen LogP contribution is 2.27. The molecule has 0 saturated carbocycles. The van der Waals surface area contributed by atoms with Crippen molar-refractivity contribution in [2.75, 3.05) is 5.32 Å². The fraction of sp³-hybridized carbons (Fsp3) is 0.200. The Morgan fingerprint density at radius 2 is 1.50 bits per heavy atom. The van der Waals surface area contributed by atoms with Gasteiger partial charge in [-0.1, -0.05) is 61.9 Å². The van der Waals surface area contributed by atoms with Crippen molar-refractivity contribution < 1.29 is 9.59 Å². The summed E-state index contributed by atoms with van der Waals surface area (Å²) in [5.74, 6) is -0.444. The van der Waals surface area contributed by atoms with Gasteiger partial charge in [0, 0.05) is 11.3 Å². The lowest BCUT2D eigenvalue weighted by Crippen LogP contribution is -2.32. The molecule has 0 fully saturated rings. The van der Waals surface area contributed by atoms with Gasteiger partial charge < -0.3 is 5.32 Å². The highest BCUT2D eigenvalue weighted by molar-refractivity contribution is 6.20. The fourth-order valence-electron chi connectivity index (χ4n) is 2.81. The van der Waals surface area contributed by atoms with Gasteiger partial charge in [-0.2, -0.15) is 0 Å². The quantitative estimate of drug-likeness (QED) is 0.825. The first kappa shape index (κ1) is 16.0. The molecule has 0 aliphatic carbocycles. The summed E-state index contributed by atoms with van der Waals surface area (Å²) in [4.78, 5) is 26.8. The largest absolute Gasteiger partial charge is 0.351 e. The molecule has 0 radical (unpaired) electrons. The van der Waals surface area contributed by atoms with Gasteiger partial charge in [0.15, 0.2) is 0 Å². The zero-order valence-corrected chi connectivity index (χ0v) is 13.7. The normalized spacial score (nSPS) is 14.5. The second kappa shape index (κ2) is 7.13. The molecule has 24 heavy (non-hydrogen) atoms. The Kier molecular flexibility index (Phi) is 4.75. The summed E-state index contributed by atoms with van der Waals surface area (Å²) in [6.07, 6.45) is 1.40. The van der Waals surface area contributed by atoms with Crippen molar-refractivity contribution in [2.45, 2.75) is 26.3 Å². The lowest BCUT2D eigenvalue weighted by atomic mass is 10.1. The van der Waals surface area contributed by atoms with Crippen molar-refractivity contribution >= 4 is 17.5 Å². The molecule has 1 N–H and O–H groups in total. The standard InChI is InChI=1S/C20H20N2O2/c1-2-9-17-18(21-16-12-7-4-8-13-16)20(24)22(19(17)23)14-15-10-5-3-6-11-15/h3-8,10-13,21H,2,9,14H2,1H3. The Morgan fingerprint density at radius 3 is 2.12 bits per heavy atom. The van der Waals surface area contributed by atoms with Crippen LogP contribution in [0.3, 0.4) is 0 Å². The van der Waals surface area contributed by atoms with Gasteiger partial charge in [0.2, 0.25) is 0 Å². The number of anilines is 1. The van der Waals surface area contributed by atoms with Crippen LogP contribution in [0.25, 0.3) is 0 Å². The lowest BCUT2D eigenvalue weighted by Gasteiger charge is -2.15. The lowest BCUT2D eigenvalue weighted by molar-refractivity contribution is -0.138. The molecule has 0 bridgehead atoms. The van der Waals surface area contributed by atoms with Crippen molar-refractivity contribution in [3.8, 4) is 0 Å². The van der Waals surface area contributed by atoms with Crippen LogP contribution in [-0.2, 0) is 16.1 Å². The zero-order chi connectivity index (χ0) is 16.9. The molecule has 1 aliphatic rings. The molecular formula is C20H20N2O2. The van der Waals surface area contributed by atoms with Crippen molar-refractivity contribution in [3.63, 3.8) is 0 Å². The van der Waals surface area contributed by atoms with E-state index in [1.165, 1.54) is 4.90 Å². The first-order chi connectivity index (χ1) is 11.7. The number of amides is 2. The topological polar surface area (TPSA) is 49.4 Å². The van der Waals surface area contributed by atoms with Crippen LogP contribution in [0, 0.1) is 0 Å². The molecule has 2 aromatic carbocycles. The number of imide groups is 1. The zero-order valence-electron chi connectivity index (χ0n) is 13.7. The minimum absolute atomic E-state index is 0.191. The molecule has 2 amide bonds. The summed E-state index contributed by atoms with van der Waals surface area (Å²) in [5, 5.41) is 3.14. The van der Waals surface area contributed by atoms with Crippen LogP contribution < -0.4 is 5.32 Å². The van der Waals surface area contributed by atoms with Gasteiger partial charge in [0.25, 0.3) is 11.8 Å². The van der Waals surface area contributed by atoms with Crippen LogP contribution in [0.5, 0.6) is 0 Å². The van der Waals surface area contributed by atoms with Gasteiger partial charge in [-0.3, -0.25) is 14.5 Å². The number of hydrogen-bond acceptors (Lipinski definition) is 3. The van der Waals surface area contributed by atoms with Gasteiger partial charge in [-0.25, -0.2) is 0 Å². The number of nitrogens with zero attached hydrogens (tertiary/aromatic N) is 1. The van der Waals surface area contributed by atoms with E-state index in [1.54, 1.807) is 0 Å². The predicted octanol–water partition coefficient (Wildman–Crippen LogP) is 3.72. The van der Waals surface area contributed by atoms with Crippen molar-refractivity contribution in [2.24, 2.45) is 0 Å².